The first-order chi connectivity index (χ1) is 13.3. The highest BCUT2D eigenvalue weighted by atomic mass is 16.2. The molecule has 2 aromatic carbocycles. The van der Waals surface area contributed by atoms with Crippen LogP contribution in [0.4, 0.5) is 17.2 Å². The lowest BCUT2D eigenvalue weighted by Gasteiger charge is -2.12. The zero-order valence-electron chi connectivity index (χ0n) is 16.3. The predicted octanol–water partition coefficient (Wildman–Crippen LogP) is 4.60. The van der Waals surface area contributed by atoms with Gasteiger partial charge in [0.05, 0.1) is 0 Å². The van der Waals surface area contributed by atoms with E-state index in [1.807, 2.05) is 38.1 Å². The minimum atomic E-state index is -0.306. The molecule has 1 aromatic heterocycles. The first kappa shape index (κ1) is 19.2. The van der Waals surface area contributed by atoms with Crippen molar-refractivity contribution in [3.8, 4) is 0 Å². The monoisotopic (exact) mass is 374 g/mol. The third kappa shape index (κ3) is 4.40. The van der Waals surface area contributed by atoms with Crippen molar-refractivity contribution < 1.29 is 9.59 Å². The van der Waals surface area contributed by atoms with Crippen molar-refractivity contribution in [1.29, 1.82) is 0 Å². The van der Waals surface area contributed by atoms with Crippen molar-refractivity contribution in [2.24, 2.45) is 0 Å². The van der Waals surface area contributed by atoms with E-state index in [4.69, 9.17) is 0 Å². The molecule has 0 spiro atoms. The van der Waals surface area contributed by atoms with Crippen LogP contribution in [0.25, 0.3) is 0 Å². The van der Waals surface area contributed by atoms with Crippen molar-refractivity contribution in [3.63, 3.8) is 0 Å². The van der Waals surface area contributed by atoms with Crippen LogP contribution in [0.2, 0.25) is 0 Å². The Balaban J connectivity index is 1.85. The molecule has 3 rings (SSSR count). The summed E-state index contributed by atoms with van der Waals surface area (Å²) in [6.07, 6.45) is 0. The number of ketones is 1. The van der Waals surface area contributed by atoms with Crippen molar-refractivity contribution in [3.05, 3.63) is 76.7 Å². The Labute approximate surface area is 164 Å². The molecule has 1 heterocycles. The summed E-state index contributed by atoms with van der Waals surface area (Å²) < 4.78 is 0. The van der Waals surface area contributed by atoms with Crippen molar-refractivity contribution in [1.82, 2.24) is 9.97 Å². The number of rotatable bonds is 5. The third-order valence-corrected chi connectivity index (χ3v) is 4.46. The van der Waals surface area contributed by atoms with Crippen LogP contribution in [0.3, 0.4) is 0 Å². The number of benzene rings is 2. The highest BCUT2D eigenvalue weighted by molar-refractivity contribution is 6.03. The summed E-state index contributed by atoms with van der Waals surface area (Å²) in [7, 11) is 0. The number of amides is 1. The summed E-state index contributed by atoms with van der Waals surface area (Å²) >= 11 is 0. The van der Waals surface area contributed by atoms with E-state index in [0.717, 1.165) is 16.8 Å². The molecule has 0 saturated heterocycles. The summed E-state index contributed by atoms with van der Waals surface area (Å²) in [5.41, 5.74) is 4.45. The zero-order valence-corrected chi connectivity index (χ0v) is 16.3. The van der Waals surface area contributed by atoms with Crippen LogP contribution in [-0.2, 0) is 0 Å². The van der Waals surface area contributed by atoms with Gasteiger partial charge < -0.3 is 10.6 Å². The zero-order chi connectivity index (χ0) is 20.3. The summed E-state index contributed by atoms with van der Waals surface area (Å²) in [5.74, 6) is 0.633. The fourth-order valence-corrected chi connectivity index (χ4v) is 2.78. The van der Waals surface area contributed by atoms with E-state index in [2.05, 4.69) is 20.6 Å². The van der Waals surface area contributed by atoms with E-state index in [0.29, 0.717) is 22.9 Å². The van der Waals surface area contributed by atoms with Gasteiger partial charge in [0.1, 0.15) is 17.3 Å². The average Bonchev–Trinajstić information content (AvgIpc) is 2.65. The van der Waals surface area contributed by atoms with Gasteiger partial charge in [-0.3, -0.25) is 9.59 Å². The number of aromatic nitrogens is 2. The van der Waals surface area contributed by atoms with E-state index < -0.39 is 0 Å². The molecule has 0 unspecified atom stereocenters. The smallest absolute Gasteiger partial charge is 0.274 e. The number of nitrogens with one attached hydrogen (secondary N) is 2. The molecule has 1 amide bonds. The van der Waals surface area contributed by atoms with Gasteiger partial charge in [-0.25, -0.2) is 9.97 Å². The number of carbonyl (C=O) groups is 2. The second-order valence-electron chi connectivity index (χ2n) is 6.65. The Hall–Kier alpha value is -3.54. The largest absolute Gasteiger partial charge is 0.340 e. The second kappa shape index (κ2) is 8.00. The second-order valence-corrected chi connectivity index (χ2v) is 6.65. The first-order valence-corrected chi connectivity index (χ1v) is 8.95. The molecule has 28 heavy (non-hydrogen) atoms. The molecule has 6 heteroatoms. The molecule has 3 aromatic rings. The van der Waals surface area contributed by atoms with Crippen LogP contribution in [0.5, 0.6) is 0 Å². The minimum Gasteiger partial charge on any atom is -0.340 e. The fraction of sp³-hybridized carbons (Fsp3) is 0.182. The summed E-state index contributed by atoms with van der Waals surface area (Å²) in [5, 5.41) is 6.04. The molecule has 0 bridgehead atoms. The standard InChI is InChI=1S/C22H22N4O2/c1-13-7-5-10-19(14(13)2)26-22(28)20-12-21(24-16(4)23-20)25-18-9-6-8-17(11-18)15(3)27/h5-12H,1-4H3,(H,26,28)(H,23,24,25). The Kier molecular flexibility index (Phi) is 5.49. The van der Waals surface area contributed by atoms with Gasteiger partial charge >= 0.3 is 0 Å². The van der Waals surface area contributed by atoms with E-state index in [9.17, 15) is 9.59 Å². The molecule has 0 aliphatic heterocycles. The maximum Gasteiger partial charge on any atom is 0.274 e. The van der Waals surface area contributed by atoms with Crippen molar-refractivity contribution in [2.75, 3.05) is 10.6 Å². The Morgan fingerprint density at radius 3 is 2.43 bits per heavy atom. The first-order valence-electron chi connectivity index (χ1n) is 8.95. The van der Waals surface area contributed by atoms with E-state index >= 15 is 0 Å². The van der Waals surface area contributed by atoms with Gasteiger partial charge in [0.15, 0.2) is 5.78 Å². The third-order valence-electron chi connectivity index (χ3n) is 4.46. The van der Waals surface area contributed by atoms with Gasteiger partial charge in [-0.05, 0) is 57.0 Å². The van der Waals surface area contributed by atoms with Crippen LogP contribution in [0, 0.1) is 20.8 Å². The lowest BCUT2D eigenvalue weighted by molar-refractivity contribution is 0.101. The summed E-state index contributed by atoms with van der Waals surface area (Å²) in [4.78, 5) is 32.9. The molecule has 0 atom stereocenters. The van der Waals surface area contributed by atoms with Gasteiger partial charge in [0.25, 0.3) is 5.91 Å². The lowest BCUT2D eigenvalue weighted by Crippen LogP contribution is -2.16. The van der Waals surface area contributed by atoms with Crippen LogP contribution in [0.1, 0.15) is 44.7 Å². The number of hydrogen-bond acceptors (Lipinski definition) is 5. The lowest BCUT2D eigenvalue weighted by atomic mass is 10.1. The van der Waals surface area contributed by atoms with Gasteiger partial charge in [0.2, 0.25) is 0 Å². The van der Waals surface area contributed by atoms with E-state index in [-0.39, 0.29) is 17.4 Å². The van der Waals surface area contributed by atoms with Gasteiger partial charge in [-0.2, -0.15) is 0 Å². The molecule has 2 N–H and O–H groups in total. The van der Waals surface area contributed by atoms with Crippen LogP contribution in [-0.4, -0.2) is 21.7 Å². The van der Waals surface area contributed by atoms with Crippen molar-refractivity contribution in [2.45, 2.75) is 27.7 Å². The highest BCUT2D eigenvalue weighted by Crippen LogP contribution is 2.20. The van der Waals surface area contributed by atoms with Crippen LogP contribution in [0.15, 0.2) is 48.5 Å². The van der Waals surface area contributed by atoms with Gasteiger partial charge in [0, 0.05) is 23.0 Å². The van der Waals surface area contributed by atoms with Crippen LogP contribution >= 0.6 is 0 Å². The fourth-order valence-electron chi connectivity index (χ4n) is 2.78. The number of anilines is 3. The van der Waals surface area contributed by atoms with Crippen molar-refractivity contribution >= 4 is 28.9 Å². The minimum absolute atomic E-state index is 0.0175. The molecule has 0 aliphatic rings. The van der Waals surface area contributed by atoms with Gasteiger partial charge in [-0.1, -0.05) is 24.3 Å². The van der Waals surface area contributed by atoms with E-state index in [1.165, 1.54) is 6.92 Å². The number of nitrogens with zero attached hydrogens (tertiary/aromatic N) is 2. The topological polar surface area (TPSA) is 84.0 Å². The number of Topliss-reactive ketones (excluding diaryl/α,β-unsaturated/α-hetero) is 1. The maximum atomic E-state index is 12.7. The molecule has 0 fully saturated rings. The number of hydrogen-bond donors (Lipinski definition) is 2. The maximum absolute atomic E-state index is 12.7. The molecular formula is C22H22N4O2. The predicted molar refractivity (Wildman–Crippen MR) is 110 cm³/mol. The SMILES string of the molecule is CC(=O)c1cccc(Nc2cc(C(=O)Nc3cccc(C)c3C)nc(C)n2)c1. The normalized spacial score (nSPS) is 10.4. The average molecular weight is 374 g/mol. The number of aryl methyl sites for hydroxylation is 2. The summed E-state index contributed by atoms with van der Waals surface area (Å²) in [6, 6.07) is 14.5. The molecule has 0 aliphatic carbocycles. The van der Waals surface area contributed by atoms with Crippen LogP contribution < -0.4 is 10.6 Å². The molecule has 0 saturated carbocycles. The van der Waals surface area contributed by atoms with E-state index in [1.54, 1.807) is 31.2 Å². The molecular weight excluding hydrogens is 352 g/mol. The molecule has 6 nitrogen and oxygen atoms in total. The Morgan fingerprint density at radius 2 is 1.68 bits per heavy atom. The number of carbonyl (C=O) groups excluding carboxylic acids is 2. The molecule has 142 valence electrons. The molecule has 0 radical (unpaired) electrons. The quantitative estimate of drug-likeness (QED) is 0.638. The van der Waals surface area contributed by atoms with Gasteiger partial charge in [-0.15, -0.1) is 0 Å². The Morgan fingerprint density at radius 1 is 0.929 bits per heavy atom. The Bertz CT molecular complexity index is 1060. The highest BCUT2D eigenvalue weighted by Gasteiger charge is 2.13. The summed E-state index contributed by atoms with van der Waals surface area (Å²) in [6.45, 7) is 7.21.